The number of nitrogens with zero attached hydrogens (tertiary/aromatic N) is 2. The van der Waals surface area contributed by atoms with Gasteiger partial charge >= 0.3 is 0 Å². The summed E-state index contributed by atoms with van der Waals surface area (Å²) in [5.74, 6) is 1.67. The Balaban J connectivity index is 2.48. The number of rotatable bonds is 2. The van der Waals surface area contributed by atoms with Gasteiger partial charge in [-0.3, -0.25) is 0 Å². The molecule has 2 aromatic heterocycles. The monoisotopic (exact) mass is 219 g/mol. The van der Waals surface area contributed by atoms with Gasteiger partial charge in [0, 0.05) is 23.7 Å². The van der Waals surface area contributed by atoms with E-state index in [-0.39, 0.29) is 0 Å². The molecule has 0 amide bonds. The van der Waals surface area contributed by atoms with Gasteiger partial charge in [-0.1, -0.05) is 0 Å². The number of hydrogen-bond acceptors (Lipinski definition) is 4. The highest BCUT2D eigenvalue weighted by atomic mass is 32.1. The summed E-state index contributed by atoms with van der Waals surface area (Å²) in [7, 11) is 1.87. The maximum absolute atomic E-state index is 4.42. The molecule has 0 saturated carbocycles. The second-order valence-corrected chi connectivity index (χ2v) is 4.67. The molecule has 0 atom stereocenters. The Hall–Kier alpha value is -1.42. The summed E-state index contributed by atoms with van der Waals surface area (Å²) >= 11 is 1.72. The zero-order chi connectivity index (χ0) is 10.8. The first-order valence-corrected chi connectivity index (χ1v) is 5.61. The number of anilines is 1. The maximum atomic E-state index is 4.42. The van der Waals surface area contributed by atoms with Crippen LogP contribution in [0.2, 0.25) is 0 Å². The molecule has 15 heavy (non-hydrogen) atoms. The Kier molecular flexibility index (Phi) is 2.68. The molecule has 0 fully saturated rings. The van der Waals surface area contributed by atoms with E-state index in [1.165, 1.54) is 4.88 Å². The first-order chi connectivity index (χ1) is 7.19. The molecule has 0 bridgehead atoms. The normalized spacial score (nSPS) is 10.3. The summed E-state index contributed by atoms with van der Waals surface area (Å²) in [5, 5.41) is 3.04. The lowest BCUT2D eigenvalue weighted by Crippen LogP contribution is -1.97. The summed E-state index contributed by atoms with van der Waals surface area (Å²) in [6.07, 6.45) is 0. The molecule has 0 saturated heterocycles. The standard InChI is InChI=1S/C11H13N3S/c1-7-6-10(12-3)14-11(13-7)9-5-4-8(2)15-9/h4-6H,1-3H3,(H,12,13,14). The van der Waals surface area contributed by atoms with Gasteiger partial charge in [0.1, 0.15) is 5.82 Å². The molecular weight excluding hydrogens is 206 g/mol. The number of aryl methyl sites for hydroxylation is 2. The van der Waals surface area contributed by atoms with Crippen LogP contribution in [0.1, 0.15) is 10.6 Å². The van der Waals surface area contributed by atoms with Gasteiger partial charge in [0.2, 0.25) is 0 Å². The first kappa shape index (κ1) is 10.1. The van der Waals surface area contributed by atoms with Crippen LogP contribution in [0.4, 0.5) is 5.82 Å². The summed E-state index contributed by atoms with van der Waals surface area (Å²) < 4.78 is 0. The highest BCUT2D eigenvalue weighted by molar-refractivity contribution is 7.15. The van der Waals surface area contributed by atoms with Crippen LogP contribution in [-0.4, -0.2) is 17.0 Å². The molecule has 2 rings (SSSR count). The highest BCUT2D eigenvalue weighted by Gasteiger charge is 2.05. The molecule has 78 valence electrons. The van der Waals surface area contributed by atoms with Crippen molar-refractivity contribution in [2.75, 3.05) is 12.4 Å². The average Bonchev–Trinajstić information content (AvgIpc) is 2.64. The number of aromatic nitrogens is 2. The van der Waals surface area contributed by atoms with Crippen LogP contribution in [0, 0.1) is 13.8 Å². The fourth-order valence-electron chi connectivity index (χ4n) is 1.36. The van der Waals surface area contributed by atoms with E-state index in [4.69, 9.17) is 0 Å². The molecule has 0 radical (unpaired) electrons. The van der Waals surface area contributed by atoms with E-state index >= 15 is 0 Å². The summed E-state index contributed by atoms with van der Waals surface area (Å²) in [6, 6.07) is 6.09. The van der Waals surface area contributed by atoms with Gasteiger partial charge in [0.25, 0.3) is 0 Å². The molecule has 0 aromatic carbocycles. The molecule has 0 unspecified atom stereocenters. The molecule has 0 spiro atoms. The van der Waals surface area contributed by atoms with Gasteiger partial charge in [-0.25, -0.2) is 9.97 Å². The second-order valence-electron chi connectivity index (χ2n) is 3.38. The van der Waals surface area contributed by atoms with E-state index < -0.39 is 0 Å². The van der Waals surface area contributed by atoms with E-state index in [0.29, 0.717) is 0 Å². The molecule has 3 nitrogen and oxygen atoms in total. The lowest BCUT2D eigenvalue weighted by atomic mass is 10.3. The first-order valence-electron chi connectivity index (χ1n) is 4.79. The third-order valence-corrected chi connectivity index (χ3v) is 3.07. The van der Waals surface area contributed by atoms with E-state index in [9.17, 15) is 0 Å². The zero-order valence-electron chi connectivity index (χ0n) is 9.03. The summed E-state index contributed by atoms with van der Waals surface area (Å²) in [6.45, 7) is 4.06. The van der Waals surface area contributed by atoms with Gasteiger partial charge in [0.15, 0.2) is 5.82 Å². The number of nitrogens with one attached hydrogen (secondary N) is 1. The molecule has 0 aliphatic rings. The lowest BCUT2D eigenvalue weighted by Gasteiger charge is -2.03. The Bertz CT molecular complexity index is 476. The topological polar surface area (TPSA) is 37.8 Å². The third kappa shape index (κ3) is 2.15. The zero-order valence-corrected chi connectivity index (χ0v) is 9.85. The van der Waals surface area contributed by atoms with E-state index in [1.54, 1.807) is 11.3 Å². The van der Waals surface area contributed by atoms with Crippen LogP contribution in [0.3, 0.4) is 0 Å². The largest absolute Gasteiger partial charge is 0.373 e. The van der Waals surface area contributed by atoms with Gasteiger partial charge in [-0.2, -0.15) is 0 Å². The van der Waals surface area contributed by atoms with Crippen molar-refractivity contribution in [3.63, 3.8) is 0 Å². The van der Waals surface area contributed by atoms with Crippen molar-refractivity contribution >= 4 is 17.2 Å². The van der Waals surface area contributed by atoms with Gasteiger partial charge < -0.3 is 5.32 Å². The molecular formula is C11H13N3S. The SMILES string of the molecule is CNc1cc(C)nc(-c2ccc(C)s2)n1. The predicted molar refractivity (Wildman–Crippen MR) is 64.4 cm³/mol. The van der Waals surface area contributed by atoms with Gasteiger partial charge in [-0.15, -0.1) is 11.3 Å². The Morgan fingerprint density at radius 3 is 2.60 bits per heavy atom. The Morgan fingerprint density at radius 2 is 2.00 bits per heavy atom. The molecule has 0 aliphatic carbocycles. The van der Waals surface area contributed by atoms with E-state index in [0.717, 1.165) is 22.2 Å². The highest BCUT2D eigenvalue weighted by Crippen LogP contribution is 2.25. The fourth-order valence-corrected chi connectivity index (χ4v) is 2.16. The van der Waals surface area contributed by atoms with Crippen molar-refractivity contribution < 1.29 is 0 Å². The smallest absolute Gasteiger partial charge is 0.171 e. The number of hydrogen-bond donors (Lipinski definition) is 1. The maximum Gasteiger partial charge on any atom is 0.171 e. The van der Waals surface area contributed by atoms with Crippen molar-refractivity contribution in [2.24, 2.45) is 0 Å². The van der Waals surface area contributed by atoms with Crippen molar-refractivity contribution in [2.45, 2.75) is 13.8 Å². The minimum atomic E-state index is 0.803. The van der Waals surface area contributed by atoms with Crippen molar-refractivity contribution in [1.82, 2.24) is 9.97 Å². The molecule has 0 aliphatic heterocycles. The van der Waals surface area contributed by atoms with Crippen molar-refractivity contribution in [3.8, 4) is 10.7 Å². The van der Waals surface area contributed by atoms with E-state index in [1.807, 2.05) is 20.0 Å². The van der Waals surface area contributed by atoms with Crippen LogP contribution in [0.15, 0.2) is 18.2 Å². The van der Waals surface area contributed by atoms with Crippen LogP contribution >= 0.6 is 11.3 Å². The molecule has 4 heteroatoms. The Morgan fingerprint density at radius 1 is 1.20 bits per heavy atom. The van der Waals surface area contributed by atoms with Crippen molar-refractivity contribution in [1.29, 1.82) is 0 Å². The minimum absolute atomic E-state index is 0.803. The number of thiophene rings is 1. The van der Waals surface area contributed by atoms with Crippen LogP contribution < -0.4 is 5.32 Å². The van der Waals surface area contributed by atoms with Gasteiger partial charge in [0.05, 0.1) is 4.88 Å². The van der Waals surface area contributed by atoms with Crippen molar-refractivity contribution in [3.05, 3.63) is 28.8 Å². The third-order valence-electron chi connectivity index (χ3n) is 2.07. The van der Waals surface area contributed by atoms with Crippen LogP contribution in [-0.2, 0) is 0 Å². The quantitative estimate of drug-likeness (QED) is 0.844. The molecule has 1 N–H and O–H groups in total. The lowest BCUT2D eigenvalue weighted by molar-refractivity contribution is 1.11. The molecule has 2 heterocycles. The molecule has 2 aromatic rings. The predicted octanol–water partition coefficient (Wildman–Crippen LogP) is 2.86. The van der Waals surface area contributed by atoms with E-state index in [2.05, 4.69) is 34.3 Å². The minimum Gasteiger partial charge on any atom is -0.373 e. The summed E-state index contributed by atoms with van der Waals surface area (Å²) in [5.41, 5.74) is 0.982. The Labute approximate surface area is 93.2 Å². The summed E-state index contributed by atoms with van der Waals surface area (Å²) in [4.78, 5) is 11.2. The van der Waals surface area contributed by atoms with Crippen LogP contribution in [0.5, 0.6) is 0 Å². The fraction of sp³-hybridized carbons (Fsp3) is 0.273. The second kappa shape index (κ2) is 3.98. The van der Waals surface area contributed by atoms with Gasteiger partial charge in [-0.05, 0) is 26.0 Å². The van der Waals surface area contributed by atoms with Crippen LogP contribution in [0.25, 0.3) is 10.7 Å². The average molecular weight is 219 g/mol.